The molecule has 38 heavy (non-hydrogen) atoms. The fourth-order valence-corrected chi connectivity index (χ4v) is 4.54. The second-order valence-corrected chi connectivity index (χ2v) is 9.72. The molecule has 0 radical (unpaired) electrons. The number of carbonyl (C=O) groups is 2. The molecule has 2 aromatic heterocycles. The van der Waals surface area contributed by atoms with E-state index in [0.29, 0.717) is 11.1 Å². The summed E-state index contributed by atoms with van der Waals surface area (Å²) in [6.45, 7) is 4.38. The number of H-pyrrole nitrogens is 1. The summed E-state index contributed by atoms with van der Waals surface area (Å²) in [7, 11) is 0. The Morgan fingerprint density at radius 1 is 1.16 bits per heavy atom. The Hall–Kier alpha value is -4.15. The van der Waals surface area contributed by atoms with Crippen LogP contribution in [0.5, 0.6) is 0 Å². The Balaban J connectivity index is 1.60. The molecule has 1 saturated heterocycles. The van der Waals surface area contributed by atoms with Crippen LogP contribution in [0.3, 0.4) is 0 Å². The lowest BCUT2D eigenvalue weighted by Crippen LogP contribution is -2.48. The van der Waals surface area contributed by atoms with Crippen molar-refractivity contribution in [3.05, 3.63) is 97.8 Å². The number of carbonyl (C=O) groups excluding carboxylic acids is 2. The predicted octanol–water partition coefficient (Wildman–Crippen LogP) is 2.35. The van der Waals surface area contributed by atoms with E-state index in [1.807, 2.05) is 13.8 Å². The van der Waals surface area contributed by atoms with Crippen LogP contribution >= 0.6 is 0 Å². The molecular weight excluding hydrogens is 496 g/mol. The number of pyridine rings is 1. The monoisotopic (exact) mass is 525 g/mol. The maximum absolute atomic E-state index is 14.8. The van der Waals surface area contributed by atoms with Gasteiger partial charge in [-0.15, -0.1) is 0 Å². The summed E-state index contributed by atoms with van der Waals surface area (Å²) in [5, 5.41) is 2.82. The molecule has 3 atom stereocenters. The smallest absolute Gasteiger partial charge is 0.328 e. The first-order chi connectivity index (χ1) is 18.0. The van der Waals surface area contributed by atoms with Gasteiger partial charge in [-0.25, -0.2) is 14.2 Å². The van der Waals surface area contributed by atoms with E-state index in [1.165, 1.54) is 13.1 Å². The summed E-state index contributed by atoms with van der Waals surface area (Å²) in [4.78, 5) is 57.5. The number of aryl methyl sites for hydroxylation is 1. The minimum atomic E-state index is -1.44. The third kappa shape index (κ3) is 5.71. The molecule has 2 amide bonds. The number of likely N-dealkylation sites (tertiary alicyclic amines) is 1. The van der Waals surface area contributed by atoms with Gasteiger partial charge in [0.2, 0.25) is 17.8 Å². The number of aromatic amines is 1. The molecular formula is C27H29F2N5O4. The van der Waals surface area contributed by atoms with E-state index < -0.39 is 53.8 Å². The van der Waals surface area contributed by atoms with Crippen molar-refractivity contribution >= 4 is 11.8 Å². The van der Waals surface area contributed by atoms with Gasteiger partial charge in [0.1, 0.15) is 18.8 Å². The fourth-order valence-electron chi connectivity index (χ4n) is 4.54. The number of aromatic nitrogens is 3. The highest BCUT2D eigenvalue weighted by atomic mass is 19.1. The molecule has 0 spiro atoms. The average molecular weight is 526 g/mol. The number of hydrogen-bond donors (Lipinski definition) is 2. The second-order valence-electron chi connectivity index (χ2n) is 9.72. The highest BCUT2D eigenvalue weighted by molar-refractivity contribution is 5.88. The Morgan fingerprint density at radius 2 is 1.87 bits per heavy atom. The lowest BCUT2D eigenvalue weighted by molar-refractivity contribution is -0.139. The lowest BCUT2D eigenvalue weighted by Gasteiger charge is -2.27. The molecule has 2 N–H and O–H groups in total. The van der Waals surface area contributed by atoms with Crippen molar-refractivity contribution < 1.29 is 18.4 Å². The summed E-state index contributed by atoms with van der Waals surface area (Å²) in [6.07, 6.45) is -0.434. The maximum atomic E-state index is 14.8. The SMILES string of the molecule is Cc1cn(CC(=O)N2C[C@H](F)C[C@H]2C(=O)N[C@@H](c2ccccc2)c2ccc(C(C)C)c(F)n2)c(=O)[nH]c1=O. The molecule has 4 rings (SSSR count). The zero-order valence-electron chi connectivity index (χ0n) is 21.3. The molecule has 0 unspecified atom stereocenters. The molecule has 0 bridgehead atoms. The van der Waals surface area contributed by atoms with Gasteiger partial charge < -0.3 is 10.2 Å². The Kier molecular flexibility index (Phi) is 7.84. The zero-order chi connectivity index (χ0) is 27.6. The van der Waals surface area contributed by atoms with Crippen molar-refractivity contribution in [3.8, 4) is 0 Å². The predicted molar refractivity (Wildman–Crippen MR) is 136 cm³/mol. The molecule has 200 valence electrons. The fraction of sp³-hybridized carbons (Fsp3) is 0.370. The van der Waals surface area contributed by atoms with Crippen molar-refractivity contribution in [2.75, 3.05) is 6.54 Å². The molecule has 11 heteroatoms. The van der Waals surface area contributed by atoms with E-state index >= 15 is 0 Å². The van der Waals surface area contributed by atoms with Gasteiger partial charge in [-0.05, 0) is 24.5 Å². The van der Waals surface area contributed by atoms with Crippen LogP contribution in [0.2, 0.25) is 0 Å². The van der Waals surface area contributed by atoms with Crippen LogP contribution in [-0.4, -0.2) is 50.0 Å². The number of nitrogens with one attached hydrogen (secondary N) is 2. The van der Waals surface area contributed by atoms with Crippen LogP contribution in [0.4, 0.5) is 8.78 Å². The first-order valence-corrected chi connectivity index (χ1v) is 12.3. The van der Waals surface area contributed by atoms with E-state index in [4.69, 9.17) is 0 Å². The van der Waals surface area contributed by atoms with Gasteiger partial charge in [-0.3, -0.25) is 23.9 Å². The van der Waals surface area contributed by atoms with Gasteiger partial charge in [0.25, 0.3) is 5.56 Å². The minimum Gasteiger partial charge on any atom is -0.342 e. The third-order valence-corrected chi connectivity index (χ3v) is 6.60. The summed E-state index contributed by atoms with van der Waals surface area (Å²) >= 11 is 0. The standard InChI is InChI=1S/C27H29F2N5O4/c1-15(2)19-9-10-20(30-24(19)29)23(17-7-5-4-6-8-17)31-26(37)21-11-18(28)13-34(21)22(35)14-33-12-16(3)25(36)32-27(33)38/h4-10,12,15,18,21,23H,11,13-14H2,1-3H3,(H,31,37)(H,32,36,38)/t18-,21+,23+/m1/s1. The third-order valence-electron chi connectivity index (χ3n) is 6.60. The largest absolute Gasteiger partial charge is 0.342 e. The number of amides is 2. The first kappa shape index (κ1) is 26.9. The van der Waals surface area contributed by atoms with Gasteiger partial charge in [-0.1, -0.05) is 50.2 Å². The van der Waals surface area contributed by atoms with E-state index in [0.717, 1.165) is 9.47 Å². The Bertz CT molecular complexity index is 1450. The number of hydrogen-bond acceptors (Lipinski definition) is 5. The normalized spacial score (nSPS) is 18.0. The van der Waals surface area contributed by atoms with E-state index in [-0.39, 0.29) is 30.1 Å². The van der Waals surface area contributed by atoms with Crippen molar-refractivity contribution in [3.63, 3.8) is 0 Å². The molecule has 0 saturated carbocycles. The minimum absolute atomic E-state index is 0.0837. The molecule has 1 aliphatic rings. The van der Waals surface area contributed by atoms with Crippen LogP contribution in [0.15, 0.2) is 58.3 Å². The van der Waals surface area contributed by atoms with Crippen molar-refractivity contribution in [1.29, 1.82) is 0 Å². The van der Waals surface area contributed by atoms with Gasteiger partial charge in [-0.2, -0.15) is 4.39 Å². The highest BCUT2D eigenvalue weighted by Gasteiger charge is 2.40. The number of rotatable bonds is 7. The molecule has 3 heterocycles. The molecule has 3 aromatic rings. The number of benzene rings is 1. The van der Waals surface area contributed by atoms with Crippen LogP contribution in [0.25, 0.3) is 0 Å². The summed E-state index contributed by atoms with van der Waals surface area (Å²) in [5.74, 6) is -2.01. The highest BCUT2D eigenvalue weighted by Crippen LogP contribution is 2.26. The van der Waals surface area contributed by atoms with Crippen LogP contribution in [-0.2, 0) is 16.1 Å². The first-order valence-electron chi connectivity index (χ1n) is 12.3. The summed E-state index contributed by atoms with van der Waals surface area (Å²) in [6, 6.07) is 10.1. The van der Waals surface area contributed by atoms with E-state index in [2.05, 4.69) is 15.3 Å². The average Bonchev–Trinajstić information content (AvgIpc) is 3.28. The lowest BCUT2D eigenvalue weighted by atomic mass is 9.99. The number of halogens is 2. The van der Waals surface area contributed by atoms with E-state index in [1.54, 1.807) is 42.5 Å². The Labute approximate surface area is 217 Å². The van der Waals surface area contributed by atoms with Gasteiger partial charge in [0.05, 0.1) is 18.3 Å². The summed E-state index contributed by atoms with van der Waals surface area (Å²) in [5.41, 5.74) is 0.202. The maximum Gasteiger partial charge on any atom is 0.328 e. The molecule has 0 aliphatic carbocycles. The van der Waals surface area contributed by atoms with Crippen LogP contribution in [0.1, 0.15) is 54.6 Å². The molecule has 1 aromatic carbocycles. The van der Waals surface area contributed by atoms with Crippen molar-refractivity contribution in [1.82, 2.24) is 24.8 Å². The quantitative estimate of drug-likeness (QED) is 0.460. The summed E-state index contributed by atoms with van der Waals surface area (Å²) < 4.78 is 30.2. The van der Waals surface area contributed by atoms with Crippen molar-refractivity contribution in [2.45, 2.75) is 57.9 Å². The second kappa shape index (κ2) is 11.1. The van der Waals surface area contributed by atoms with E-state index in [9.17, 15) is 28.0 Å². The van der Waals surface area contributed by atoms with Gasteiger partial charge in [0, 0.05) is 23.7 Å². The topological polar surface area (TPSA) is 117 Å². The van der Waals surface area contributed by atoms with Crippen LogP contribution in [0, 0.1) is 12.9 Å². The van der Waals surface area contributed by atoms with Gasteiger partial charge in [0.15, 0.2) is 0 Å². The number of nitrogens with zero attached hydrogens (tertiary/aromatic N) is 3. The molecule has 1 fully saturated rings. The van der Waals surface area contributed by atoms with Gasteiger partial charge >= 0.3 is 5.69 Å². The van der Waals surface area contributed by atoms with Crippen LogP contribution < -0.4 is 16.6 Å². The Morgan fingerprint density at radius 3 is 2.53 bits per heavy atom. The molecule has 1 aliphatic heterocycles. The van der Waals surface area contributed by atoms with Crippen molar-refractivity contribution in [2.24, 2.45) is 0 Å². The molecule has 9 nitrogen and oxygen atoms in total. The number of alkyl halides is 1. The zero-order valence-corrected chi connectivity index (χ0v) is 21.3.